The van der Waals surface area contributed by atoms with Gasteiger partial charge in [-0.2, -0.15) is 0 Å². The second-order valence-corrected chi connectivity index (χ2v) is 13.4. The molecular formula is C31H29Cl3F2N2O4S. The number of amides is 1. The van der Waals surface area contributed by atoms with Gasteiger partial charge in [0.15, 0.2) is 0 Å². The van der Waals surface area contributed by atoms with E-state index in [0.29, 0.717) is 44.9 Å². The van der Waals surface area contributed by atoms with Crippen LogP contribution in [-0.4, -0.2) is 50.5 Å². The number of sulfone groups is 1. The van der Waals surface area contributed by atoms with Gasteiger partial charge in [-0.15, -0.1) is 0 Å². The molecule has 0 saturated carbocycles. The van der Waals surface area contributed by atoms with Crippen LogP contribution in [0.4, 0.5) is 8.78 Å². The fraction of sp³-hybridized carbons (Fsp3) is 0.258. The van der Waals surface area contributed by atoms with Gasteiger partial charge >= 0.3 is 0 Å². The zero-order valence-corrected chi connectivity index (χ0v) is 26.3. The molecule has 0 aliphatic heterocycles. The van der Waals surface area contributed by atoms with Crippen LogP contribution in [0.5, 0.6) is 5.75 Å². The summed E-state index contributed by atoms with van der Waals surface area (Å²) in [5.74, 6) is -0.517. The summed E-state index contributed by atoms with van der Waals surface area (Å²) in [6.45, 7) is 2.34. The van der Waals surface area contributed by atoms with E-state index in [9.17, 15) is 17.6 Å². The molecule has 6 nitrogen and oxygen atoms in total. The Morgan fingerprint density at radius 3 is 2.47 bits per heavy atom. The molecule has 228 valence electrons. The molecule has 4 rings (SSSR count). The Morgan fingerprint density at radius 2 is 1.77 bits per heavy atom. The van der Waals surface area contributed by atoms with Gasteiger partial charge in [0.2, 0.25) is 9.84 Å². The molecule has 0 heterocycles. The van der Waals surface area contributed by atoms with Gasteiger partial charge in [-0.1, -0.05) is 53.0 Å². The fourth-order valence-corrected chi connectivity index (χ4v) is 6.60. The molecule has 1 aliphatic carbocycles. The molecule has 3 unspecified atom stereocenters. The van der Waals surface area contributed by atoms with Gasteiger partial charge in [0.1, 0.15) is 11.6 Å². The van der Waals surface area contributed by atoms with Gasteiger partial charge in [-0.05, 0) is 80.1 Å². The average molecular weight is 670 g/mol. The van der Waals surface area contributed by atoms with Crippen LogP contribution in [0.1, 0.15) is 35.3 Å². The van der Waals surface area contributed by atoms with Crippen molar-refractivity contribution in [2.75, 3.05) is 20.2 Å². The minimum Gasteiger partial charge on any atom is -0.493 e. The molecule has 3 atom stereocenters. The van der Waals surface area contributed by atoms with Crippen molar-refractivity contribution in [3.05, 3.63) is 117 Å². The molecule has 0 fully saturated rings. The zero-order chi connectivity index (χ0) is 31.4. The van der Waals surface area contributed by atoms with E-state index in [-0.39, 0.29) is 17.4 Å². The van der Waals surface area contributed by atoms with Crippen molar-refractivity contribution in [3.8, 4) is 5.75 Å². The maximum absolute atomic E-state index is 16.4. The minimum absolute atomic E-state index is 0.220. The standard InChI is InChI=1S/C31H29Cl3F2N2O4S/c1-20(37-29-19-23(35)14-15-31(29,36)43(40,41)24-11-9-22(32)10-12-24)25-6-3-4-7-28(25)42-17-5-16-38(2)30(39)21-8-13-26(33)27(34)18-21/h3-4,6-15,18-20,29,37H,5,16-17H2,1-2H3. The number of hydrogen-bond acceptors (Lipinski definition) is 5. The van der Waals surface area contributed by atoms with E-state index >= 15 is 4.39 Å². The highest BCUT2D eigenvalue weighted by atomic mass is 35.5. The van der Waals surface area contributed by atoms with E-state index < -0.39 is 32.7 Å². The Morgan fingerprint density at radius 1 is 1.07 bits per heavy atom. The molecular weight excluding hydrogens is 641 g/mol. The van der Waals surface area contributed by atoms with Crippen LogP contribution in [0.2, 0.25) is 15.1 Å². The number of rotatable bonds is 11. The fourth-order valence-electron chi connectivity index (χ4n) is 4.60. The predicted molar refractivity (Wildman–Crippen MR) is 166 cm³/mol. The molecule has 0 saturated heterocycles. The number of carbonyl (C=O) groups excluding carboxylic acids is 1. The Bertz CT molecular complexity index is 1650. The highest BCUT2D eigenvalue weighted by molar-refractivity contribution is 7.93. The lowest BCUT2D eigenvalue weighted by molar-refractivity contribution is 0.0787. The molecule has 3 aromatic rings. The highest BCUT2D eigenvalue weighted by Gasteiger charge is 2.51. The van der Waals surface area contributed by atoms with E-state index in [1.165, 1.54) is 30.3 Å². The first-order valence-corrected chi connectivity index (χ1v) is 15.9. The Hall–Kier alpha value is -2.95. The third-order valence-electron chi connectivity index (χ3n) is 6.98. The molecule has 43 heavy (non-hydrogen) atoms. The number of para-hydroxylation sites is 1. The summed E-state index contributed by atoms with van der Waals surface area (Å²) >= 11 is 17.8. The Kier molecular flexibility index (Phi) is 10.6. The van der Waals surface area contributed by atoms with Crippen LogP contribution in [0.15, 0.2) is 95.7 Å². The van der Waals surface area contributed by atoms with Crippen molar-refractivity contribution in [1.29, 1.82) is 0 Å². The molecule has 1 amide bonds. The van der Waals surface area contributed by atoms with E-state index in [0.717, 1.165) is 18.2 Å². The number of nitrogens with zero attached hydrogens (tertiary/aromatic N) is 1. The van der Waals surface area contributed by atoms with Crippen molar-refractivity contribution >= 4 is 50.5 Å². The molecule has 0 aromatic heterocycles. The molecule has 12 heteroatoms. The molecule has 0 bridgehead atoms. The van der Waals surface area contributed by atoms with Gasteiger partial charge in [0.05, 0.1) is 27.6 Å². The molecule has 1 N–H and O–H groups in total. The van der Waals surface area contributed by atoms with Crippen molar-refractivity contribution in [2.24, 2.45) is 0 Å². The third kappa shape index (κ3) is 7.41. The number of halogens is 5. The summed E-state index contributed by atoms with van der Waals surface area (Å²) in [4.78, 5) is 14.0. The molecule has 1 aliphatic rings. The van der Waals surface area contributed by atoms with Crippen molar-refractivity contribution in [2.45, 2.75) is 35.3 Å². The summed E-state index contributed by atoms with van der Waals surface area (Å²) in [6, 6.07) is 14.6. The number of benzene rings is 3. The normalized spacial score (nSPS) is 19.0. The SMILES string of the molecule is CC(NC1C=C(F)C=CC1(F)S(=O)(=O)c1ccc(Cl)cc1)c1ccccc1OCCCN(C)C(=O)c1ccc(Cl)c(Cl)c1. The van der Waals surface area contributed by atoms with E-state index in [4.69, 9.17) is 39.5 Å². The first-order valence-electron chi connectivity index (χ1n) is 13.3. The molecule has 0 spiro atoms. The summed E-state index contributed by atoms with van der Waals surface area (Å²) in [6.07, 6.45) is 2.92. The summed E-state index contributed by atoms with van der Waals surface area (Å²) < 4.78 is 63.5. The Labute approximate surface area is 264 Å². The monoisotopic (exact) mass is 668 g/mol. The summed E-state index contributed by atoms with van der Waals surface area (Å²) in [5.41, 5.74) is 1.02. The molecule has 3 aromatic carbocycles. The smallest absolute Gasteiger partial charge is 0.253 e. The van der Waals surface area contributed by atoms with Gasteiger partial charge in [-0.3, -0.25) is 10.1 Å². The number of nitrogens with one attached hydrogen (secondary N) is 1. The topological polar surface area (TPSA) is 75.7 Å². The van der Waals surface area contributed by atoms with Crippen LogP contribution >= 0.6 is 34.8 Å². The van der Waals surface area contributed by atoms with Gasteiger partial charge in [-0.25, -0.2) is 17.2 Å². The van der Waals surface area contributed by atoms with Crippen molar-refractivity contribution in [3.63, 3.8) is 0 Å². The third-order valence-corrected chi connectivity index (χ3v) is 10.1. The van der Waals surface area contributed by atoms with Crippen LogP contribution < -0.4 is 10.1 Å². The number of alkyl halides is 1. The minimum atomic E-state index is -4.61. The van der Waals surface area contributed by atoms with Crippen LogP contribution in [-0.2, 0) is 9.84 Å². The van der Waals surface area contributed by atoms with Crippen LogP contribution in [0.25, 0.3) is 0 Å². The number of carbonyl (C=O) groups is 1. The summed E-state index contributed by atoms with van der Waals surface area (Å²) in [5, 5.41) is 0.896. The van der Waals surface area contributed by atoms with Crippen LogP contribution in [0, 0.1) is 0 Å². The van der Waals surface area contributed by atoms with E-state index in [1.807, 2.05) is 0 Å². The number of hydrogen-bond donors (Lipinski definition) is 1. The van der Waals surface area contributed by atoms with E-state index in [2.05, 4.69) is 5.32 Å². The van der Waals surface area contributed by atoms with Crippen molar-refractivity contribution in [1.82, 2.24) is 10.2 Å². The quantitative estimate of drug-likeness (QED) is 0.211. The second kappa shape index (κ2) is 13.8. The maximum atomic E-state index is 16.4. The average Bonchev–Trinajstić information content (AvgIpc) is 2.98. The lowest BCUT2D eigenvalue weighted by Crippen LogP contribution is -2.52. The molecule has 0 radical (unpaired) electrons. The first kappa shape index (κ1) is 33.0. The number of ether oxygens (including phenoxy) is 1. The highest BCUT2D eigenvalue weighted by Crippen LogP contribution is 2.38. The van der Waals surface area contributed by atoms with Crippen molar-refractivity contribution < 1.29 is 26.7 Å². The first-order chi connectivity index (χ1) is 20.3. The Balaban J connectivity index is 1.43. The summed E-state index contributed by atoms with van der Waals surface area (Å²) in [7, 11) is -2.95. The maximum Gasteiger partial charge on any atom is 0.253 e. The lowest BCUT2D eigenvalue weighted by atomic mass is 10.0. The zero-order valence-electron chi connectivity index (χ0n) is 23.2. The van der Waals surface area contributed by atoms with Gasteiger partial charge in [0, 0.05) is 35.8 Å². The lowest BCUT2D eigenvalue weighted by Gasteiger charge is -2.34. The van der Waals surface area contributed by atoms with E-state index in [1.54, 1.807) is 55.3 Å². The van der Waals surface area contributed by atoms with Gasteiger partial charge < -0.3 is 9.64 Å². The number of allylic oxidation sites excluding steroid dienone is 2. The van der Waals surface area contributed by atoms with Crippen LogP contribution in [0.3, 0.4) is 0 Å². The largest absolute Gasteiger partial charge is 0.493 e. The second-order valence-electron chi connectivity index (χ2n) is 10.0. The predicted octanol–water partition coefficient (Wildman–Crippen LogP) is 7.77. The van der Waals surface area contributed by atoms with Gasteiger partial charge in [0.25, 0.3) is 10.9 Å².